The molecule has 0 unspecified atom stereocenters. The smallest absolute Gasteiger partial charge is 0.0121 e. The third-order valence-electron chi connectivity index (χ3n) is 1.52. The van der Waals surface area contributed by atoms with Crippen molar-refractivity contribution in [3.63, 3.8) is 0 Å². The van der Waals surface area contributed by atoms with Gasteiger partial charge in [-0.3, -0.25) is 0 Å². The highest BCUT2D eigenvalue weighted by atomic mass is 79.9. The van der Waals surface area contributed by atoms with Crippen molar-refractivity contribution in [2.24, 2.45) is 5.92 Å². The summed E-state index contributed by atoms with van der Waals surface area (Å²) in [5, 5.41) is 0. The van der Waals surface area contributed by atoms with Crippen LogP contribution in [0.4, 0.5) is 0 Å². The molecule has 46 valence electrons. The molecule has 1 fully saturated rings. The van der Waals surface area contributed by atoms with Crippen molar-refractivity contribution in [2.45, 2.75) is 25.7 Å². The largest absolute Gasteiger partial charge is 0.0889 e. The van der Waals surface area contributed by atoms with E-state index in [1.54, 1.807) is 0 Å². The first-order valence-electron chi connectivity index (χ1n) is 3.12. The lowest BCUT2D eigenvalue weighted by atomic mass is 10.2. The molecule has 0 N–H and O–H groups in total. The highest BCUT2D eigenvalue weighted by Gasteiger charge is 2.20. The molecule has 0 bridgehead atoms. The topological polar surface area (TPSA) is 0 Å². The molecule has 0 aromatic heterocycles. The molecule has 0 aromatic rings. The van der Waals surface area contributed by atoms with E-state index in [0.717, 1.165) is 10.4 Å². The monoisotopic (exact) mass is 174 g/mol. The van der Waals surface area contributed by atoms with Crippen molar-refractivity contribution in [3.05, 3.63) is 11.1 Å². The minimum Gasteiger partial charge on any atom is -0.0889 e. The van der Waals surface area contributed by atoms with Crippen molar-refractivity contribution in [3.8, 4) is 0 Å². The molecule has 1 rings (SSSR count). The average Bonchev–Trinajstić information content (AvgIpc) is 2.41. The number of hydrogen-bond donors (Lipinski definition) is 0. The Hall–Kier alpha value is 0.220. The summed E-state index contributed by atoms with van der Waals surface area (Å²) in [5.41, 5.74) is 0. The van der Waals surface area contributed by atoms with Crippen LogP contribution in [-0.4, -0.2) is 0 Å². The lowest BCUT2D eigenvalue weighted by molar-refractivity contribution is 0.739. The van der Waals surface area contributed by atoms with E-state index in [1.165, 1.54) is 25.7 Å². The quantitative estimate of drug-likeness (QED) is 0.618. The molecule has 0 saturated heterocycles. The molecule has 0 spiro atoms. The third-order valence-corrected chi connectivity index (χ3v) is 1.92. The van der Waals surface area contributed by atoms with Gasteiger partial charge in [-0.25, -0.2) is 0 Å². The van der Waals surface area contributed by atoms with Crippen LogP contribution >= 0.6 is 15.9 Å². The Kier molecular flexibility index (Phi) is 2.12. The van der Waals surface area contributed by atoms with E-state index in [9.17, 15) is 0 Å². The molecule has 0 atom stereocenters. The van der Waals surface area contributed by atoms with E-state index in [1.807, 2.05) is 0 Å². The molecule has 1 aliphatic rings. The van der Waals surface area contributed by atoms with Crippen LogP contribution in [0.3, 0.4) is 0 Å². The van der Waals surface area contributed by atoms with Gasteiger partial charge in [0, 0.05) is 0 Å². The number of hydrogen-bond acceptors (Lipinski definition) is 0. The van der Waals surface area contributed by atoms with Crippen LogP contribution in [0.1, 0.15) is 25.7 Å². The molecule has 1 saturated carbocycles. The van der Waals surface area contributed by atoms with Gasteiger partial charge in [0.2, 0.25) is 0 Å². The van der Waals surface area contributed by atoms with E-state index in [4.69, 9.17) is 0 Å². The summed E-state index contributed by atoms with van der Waals surface area (Å²) in [4.78, 5) is 0. The fourth-order valence-corrected chi connectivity index (χ4v) is 0.996. The average molecular weight is 175 g/mol. The molecule has 0 heterocycles. The minimum absolute atomic E-state index is 1.05. The zero-order chi connectivity index (χ0) is 5.98. The minimum atomic E-state index is 1.05. The molecule has 0 aliphatic heterocycles. The molecular weight excluding hydrogens is 164 g/mol. The van der Waals surface area contributed by atoms with Gasteiger partial charge in [0.05, 0.1) is 0 Å². The van der Waals surface area contributed by atoms with Gasteiger partial charge >= 0.3 is 0 Å². The second-order valence-electron chi connectivity index (χ2n) is 2.50. The van der Waals surface area contributed by atoms with Crippen LogP contribution < -0.4 is 0 Å². The first-order valence-corrected chi connectivity index (χ1v) is 3.91. The SMILES string of the molecule is C=C(Br)CCC1CC1. The van der Waals surface area contributed by atoms with Crippen molar-refractivity contribution >= 4 is 15.9 Å². The van der Waals surface area contributed by atoms with E-state index in [-0.39, 0.29) is 0 Å². The summed E-state index contributed by atoms with van der Waals surface area (Å²) >= 11 is 3.34. The Morgan fingerprint density at radius 1 is 1.62 bits per heavy atom. The van der Waals surface area contributed by atoms with Crippen molar-refractivity contribution < 1.29 is 0 Å². The summed E-state index contributed by atoms with van der Waals surface area (Å²) in [7, 11) is 0. The van der Waals surface area contributed by atoms with E-state index in [0.29, 0.717) is 0 Å². The van der Waals surface area contributed by atoms with Crippen molar-refractivity contribution in [1.29, 1.82) is 0 Å². The zero-order valence-electron chi connectivity index (χ0n) is 4.99. The Labute approximate surface area is 59.1 Å². The number of halogens is 1. The summed E-state index contributed by atoms with van der Waals surface area (Å²) < 4.78 is 1.16. The molecular formula is C7H11Br. The Morgan fingerprint density at radius 2 is 2.25 bits per heavy atom. The van der Waals surface area contributed by atoms with Crippen LogP contribution in [0.5, 0.6) is 0 Å². The van der Waals surface area contributed by atoms with Gasteiger partial charge in [-0.2, -0.15) is 0 Å². The number of allylic oxidation sites excluding steroid dienone is 1. The number of rotatable bonds is 3. The predicted octanol–water partition coefficient (Wildman–Crippen LogP) is 3.09. The van der Waals surface area contributed by atoms with Gasteiger partial charge in [0.15, 0.2) is 0 Å². The molecule has 1 heteroatoms. The third kappa shape index (κ3) is 2.51. The van der Waals surface area contributed by atoms with Crippen LogP contribution in [0.2, 0.25) is 0 Å². The first-order chi connectivity index (χ1) is 3.79. The van der Waals surface area contributed by atoms with Gasteiger partial charge in [-0.15, -0.1) is 0 Å². The van der Waals surface area contributed by atoms with Crippen LogP contribution in [0.15, 0.2) is 11.1 Å². The van der Waals surface area contributed by atoms with Crippen molar-refractivity contribution in [1.82, 2.24) is 0 Å². The normalized spacial score (nSPS) is 18.6. The van der Waals surface area contributed by atoms with Gasteiger partial charge in [0.1, 0.15) is 0 Å². The highest BCUT2D eigenvalue weighted by Crippen LogP contribution is 2.34. The van der Waals surface area contributed by atoms with E-state index in [2.05, 4.69) is 22.5 Å². The first kappa shape index (κ1) is 6.34. The summed E-state index contributed by atoms with van der Waals surface area (Å²) in [6.07, 6.45) is 5.44. The lowest BCUT2D eigenvalue weighted by Crippen LogP contribution is -1.74. The van der Waals surface area contributed by atoms with Crippen LogP contribution in [0.25, 0.3) is 0 Å². The standard InChI is InChI=1S/C7H11Br/c1-6(8)2-3-7-4-5-7/h7H,1-5H2. The van der Waals surface area contributed by atoms with Gasteiger partial charge in [-0.05, 0) is 23.2 Å². The van der Waals surface area contributed by atoms with E-state index < -0.39 is 0 Å². The fraction of sp³-hybridized carbons (Fsp3) is 0.714. The maximum Gasteiger partial charge on any atom is -0.0121 e. The molecule has 0 radical (unpaired) electrons. The molecule has 0 amide bonds. The molecule has 0 aromatic carbocycles. The fourth-order valence-electron chi connectivity index (χ4n) is 0.767. The van der Waals surface area contributed by atoms with Crippen molar-refractivity contribution in [2.75, 3.05) is 0 Å². The van der Waals surface area contributed by atoms with Gasteiger partial charge in [-0.1, -0.05) is 35.4 Å². The molecule has 1 aliphatic carbocycles. The maximum atomic E-state index is 3.77. The zero-order valence-corrected chi connectivity index (χ0v) is 6.58. The second-order valence-corrected chi connectivity index (χ2v) is 3.62. The Bertz CT molecular complexity index is 92.6. The Balaban J connectivity index is 1.95. The van der Waals surface area contributed by atoms with Crippen LogP contribution in [0, 0.1) is 5.92 Å². The summed E-state index contributed by atoms with van der Waals surface area (Å²) in [6.45, 7) is 3.77. The summed E-state index contributed by atoms with van der Waals surface area (Å²) in [5.74, 6) is 1.05. The maximum absolute atomic E-state index is 3.77. The molecule has 0 nitrogen and oxygen atoms in total. The summed E-state index contributed by atoms with van der Waals surface area (Å²) in [6, 6.07) is 0. The van der Waals surface area contributed by atoms with Gasteiger partial charge in [0.25, 0.3) is 0 Å². The Morgan fingerprint density at radius 3 is 2.62 bits per heavy atom. The second kappa shape index (κ2) is 2.67. The predicted molar refractivity (Wildman–Crippen MR) is 40.0 cm³/mol. The molecule has 8 heavy (non-hydrogen) atoms. The van der Waals surface area contributed by atoms with Gasteiger partial charge < -0.3 is 0 Å². The lowest BCUT2D eigenvalue weighted by Gasteiger charge is -1.92. The van der Waals surface area contributed by atoms with Crippen LogP contribution in [-0.2, 0) is 0 Å². The highest BCUT2D eigenvalue weighted by molar-refractivity contribution is 9.11. The van der Waals surface area contributed by atoms with E-state index >= 15 is 0 Å².